The molecule has 0 aromatic heterocycles. The maximum absolute atomic E-state index is 12.1. The Morgan fingerprint density at radius 2 is 1.92 bits per heavy atom. The zero-order chi connectivity index (χ0) is 9.94. The van der Waals surface area contributed by atoms with Crippen molar-refractivity contribution in [2.45, 2.75) is 24.8 Å². The Morgan fingerprint density at radius 3 is 2.17 bits per heavy atom. The molecular formula is C5H7F4NO2. The molecule has 0 bridgehead atoms. The van der Waals surface area contributed by atoms with E-state index in [4.69, 9.17) is 5.11 Å². The third kappa shape index (κ3) is 3.51. The number of hydrogen-bond acceptors (Lipinski definition) is 2. The highest BCUT2D eigenvalue weighted by molar-refractivity contribution is 5.73. The van der Waals surface area contributed by atoms with Gasteiger partial charge in [0.1, 0.15) is 6.04 Å². The summed E-state index contributed by atoms with van der Waals surface area (Å²) in [4.78, 5) is 9.90. The lowest BCUT2D eigenvalue weighted by molar-refractivity contribution is -0.184. The van der Waals surface area contributed by atoms with Crippen LogP contribution in [-0.4, -0.2) is 29.5 Å². The van der Waals surface area contributed by atoms with Crippen molar-refractivity contribution in [1.82, 2.24) is 0 Å². The predicted octanol–water partition coefficient (Wildman–Crippen LogP) is 0.689. The number of carbonyl (C=O) groups is 1. The van der Waals surface area contributed by atoms with Crippen molar-refractivity contribution in [3.05, 3.63) is 0 Å². The monoisotopic (exact) mass is 189 g/mol. The Hall–Kier alpha value is -0.850. The van der Waals surface area contributed by atoms with Gasteiger partial charge in [-0.25, -0.2) is 4.39 Å². The Labute approximate surface area is 65.2 Å². The molecule has 0 radical (unpaired) electrons. The number of alkyl halides is 4. The quantitative estimate of drug-likeness (QED) is 0.642. The van der Waals surface area contributed by atoms with E-state index in [0.29, 0.717) is 0 Å². The molecule has 2 unspecified atom stereocenters. The van der Waals surface area contributed by atoms with Gasteiger partial charge in [0.05, 0.1) is 0 Å². The summed E-state index contributed by atoms with van der Waals surface area (Å²) in [6, 6.07) is -1.82. The Balaban J connectivity index is 4.01. The van der Waals surface area contributed by atoms with Crippen LogP contribution >= 0.6 is 0 Å². The minimum Gasteiger partial charge on any atom is -0.480 e. The molecule has 0 saturated heterocycles. The molecule has 3 nitrogen and oxygen atoms in total. The average Bonchev–Trinajstić information content (AvgIpc) is 1.85. The molecule has 0 rings (SSSR count). The molecule has 0 saturated carbocycles. The van der Waals surface area contributed by atoms with Gasteiger partial charge in [0.15, 0.2) is 6.17 Å². The number of halogens is 4. The fourth-order valence-corrected chi connectivity index (χ4v) is 0.457. The summed E-state index contributed by atoms with van der Waals surface area (Å²) in [7, 11) is 0. The second-order valence-corrected chi connectivity index (χ2v) is 2.19. The van der Waals surface area contributed by atoms with Gasteiger partial charge in [-0.1, -0.05) is 0 Å². The number of carboxylic acids is 1. The van der Waals surface area contributed by atoms with E-state index in [2.05, 4.69) is 5.73 Å². The molecule has 0 aliphatic rings. The fraction of sp³-hybridized carbons (Fsp3) is 0.800. The molecule has 7 heteroatoms. The van der Waals surface area contributed by atoms with E-state index in [1.165, 1.54) is 0 Å². The minimum absolute atomic E-state index is 1.25. The third-order valence-corrected chi connectivity index (χ3v) is 1.13. The number of carboxylic acid groups (broad SMARTS) is 1. The Morgan fingerprint density at radius 1 is 1.50 bits per heavy atom. The second-order valence-electron chi connectivity index (χ2n) is 2.19. The summed E-state index contributed by atoms with van der Waals surface area (Å²) in [5.41, 5.74) is 4.67. The Bertz CT molecular complexity index is 169. The van der Waals surface area contributed by atoms with Gasteiger partial charge in [-0.05, 0) is 0 Å². The minimum atomic E-state index is -5.03. The molecule has 0 fully saturated rings. The van der Waals surface area contributed by atoms with E-state index < -0.39 is 30.8 Å². The number of hydrogen-bond donors (Lipinski definition) is 2. The van der Waals surface area contributed by atoms with E-state index >= 15 is 0 Å². The summed E-state index contributed by atoms with van der Waals surface area (Å²) in [6.45, 7) is 0. The summed E-state index contributed by atoms with van der Waals surface area (Å²) in [5, 5.41) is 8.04. The van der Waals surface area contributed by atoms with Crippen LogP contribution in [0.1, 0.15) is 6.42 Å². The lowest BCUT2D eigenvalue weighted by Gasteiger charge is -2.13. The maximum Gasteiger partial charge on any atom is 0.419 e. The second kappa shape index (κ2) is 3.70. The normalized spacial score (nSPS) is 17.1. The number of nitrogens with two attached hydrogens (primary N) is 1. The van der Waals surface area contributed by atoms with Gasteiger partial charge in [0.25, 0.3) is 0 Å². The smallest absolute Gasteiger partial charge is 0.419 e. The van der Waals surface area contributed by atoms with Crippen molar-refractivity contribution in [3.63, 3.8) is 0 Å². The van der Waals surface area contributed by atoms with E-state index in [-0.39, 0.29) is 0 Å². The zero-order valence-electron chi connectivity index (χ0n) is 5.81. The topological polar surface area (TPSA) is 63.3 Å². The molecule has 0 aromatic carbocycles. The van der Waals surface area contributed by atoms with Crippen molar-refractivity contribution in [1.29, 1.82) is 0 Å². The van der Waals surface area contributed by atoms with Crippen LogP contribution in [0.25, 0.3) is 0 Å². The SMILES string of the molecule is NC(CC(F)C(F)(F)F)C(=O)O. The zero-order valence-corrected chi connectivity index (χ0v) is 5.81. The largest absolute Gasteiger partial charge is 0.480 e. The van der Waals surface area contributed by atoms with Crippen LogP contribution in [-0.2, 0) is 4.79 Å². The van der Waals surface area contributed by atoms with Gasteiger partial charge in [-0.3, -0.25) is 4.79 Å². The molecular weight excluding hydrogens is 182 g/mol. The highest BCUT2D eigenvalue weighted by atomic mass is 19.4. The van der Waals surface area contributed by atoms with Gasteiger partial charge in [-0.2, -0.15) is 13.2 Å². The average molecular weight is 189 g/mol. The lowest BCUT2D eigenvalue weighted by atomic mass is 10.1. The van der Waals surface area contributed by atoms with Crippen LogP contribution in [0.3, 0.4) is 0 Å². The summed E-state index contributed by atoms with van der Waals surface area (Å²) >= 11 is 0. The summed E-state index contributed by atoms with van der Waals surface area (Å²) in [5.74, 6) is -1.65. The van der Waals surface area contributed by atoms with Crippen LogP contribution in [0.2, 0.25) is 0 Å². The van der Waals surface area contributed by atoms with E-state index in [1.807, 2.05) is 0 Å². The highest BCUT2D eigenvalue weighted by Crippen LogP contribution is 2.25. The van der Waals surface area contributed by atoms with Crippen molar-refractivity contribution in [3.8, 4) is 0 Å². The molecule has 0 aliphatic carbocycles. The molecule has 0 aliphatic heterocycles. The van der Waals surface area contributed by atoms with E-state index in [1.54, 1.807) is 0 Å². The van der Waals surface area contributed by atoms with Crippen LogP contribution in [0.15, 0.2) is 0 Å². The molecule has 2 atom stereocenters. The van der Waals surface area contributed by atoms with Gasteiger partial charge in [0, 0.05) is 6.42 Å². The molecule has 0 aromatic rings. The van der Waals surface area contributed by atoms with Crippen LogP contribution in [0.5, 0.6) is 0 Å². The van der Waals surface area contributed by atoms with Gasteiger partial charge < -0.3 is 10.8 Å². The standard InChI is InChI=1S/C5H7F4NO2/c6-3(5(7,8)9)1-2(10)4(11)12/h2-3H,1,10H2,(H,11,12). The highest BCUT2D eigenvalue weighted by Gasteiger charge is 2.41. The molecule has 72 valence electrons. The molecule has 12 heavy (non-hydrogen) atoms. The fourth-order valence-electron chi connectivity index (χ4n) is 0.457. The van der Waals surface area contributed by atoms with Crippen LogP contribution in [0.4, 0.5) is 17.6 Å². The van der Waals surface area contributed by atoms with Crippen molar-refractivity contribution in [2.24, 2.45) is 5.73 Å². The summed E-state index contributed by atoms with van der Waals surface area (Å²) in [6.07, 6.45) is -9.46. The first-order valence-corrected chi connectivity index (χ1v) is 2.94. The molecule has 0 amide bonds. The van der Waals surface area contributed by atoms with Crippen molar-refractivity contribution < 1.29 is 27.5 Å². The molecule has 0 heterocycles. The predicted molar refractivity (Wildman–Crippen MR) is 31.2 cm³/mol. The maximum atomic E-state index is 12.1. The Kier molecular flexibility index (Phi) is 3.44. The van der Waals surface area contributed by atoms with Crippen molar-refractivity contribution >= 4 is 5.97 Å². The van der Waals surface area contributed by atoms with E-state index in [0.717, 1.165) is 0 Å². The first kappa shape index (κ1) is 11.2. The van der Waals surface area contributed by atoms with Gasteiger partial charge >= 0.3 is 12.1 Å². The summed E-state index contributed by atoms with van der Waals surface area (Å²) < 4.78 is 46.4. The molecule has 0 spiro atoms. The van der Waals surface area contributed by atoms with Crippen molar-refractivity contribution in [2.75, 3.05) is 0 Å². The third-order valence-electron chi connectivity index (χ3n) is 1.13. The van der Waals surface area contributed by atoms with Gasteiger partial charge in [0.2, 0.25) is 0 Å². The first-order chi connectivity index (χ1) is 5.25. The first-order valence-electron chi connectivity index (χ1n) is 2.94. The number of rotatable bonds is 3. The van der Waals surface area contributed by atoms with Gasteiger partial charge in [-0.15, -0.1) is 0 Å². The van der Waals surface area contributed by atoms with Crippen LogP contribution < -0.4 is 5.73 Å². The lowest BCUT2D eigenvalue weighted by Crippen LogP contribution is -2.37. The molecule has 3 N–H and O–H groups in total. The number of aliphatic carboxylic acids is 1. The van der Waals surface area contributed by atoms with E-state index in [9.17, 15) is 22.4 Å². The van der Waals surface area contributed by atoms with Crippen LogP contribution in [0, 0.1) is 0 Å².